The summed E-state index contributed by atoms with van der Waals surface area (Å²) in [5.41, 5.74) is 5.45. The fraction of sp³-hybridized carbons (Fsp3) is 0.500. The van der Waals surface area contributed by atoms with Gasteiger partial charge in [0.1, 0.15) is 5.78 Å². The second-order valence-electron chi connectivity index (χ2n) is 3.66. The van der Waals surface area contributed by atoms with Gasteiger partial charge in [0.15, 0.2) is 0 Å². The van der Waals surface area contributed by atoms with Crippen molar-refractivity contribution in [2.45, 2.75) is 19.3 Å². The third-order valence-electron chi connectivity index (χ3n) is 2.75. The quantitative estimate of drug-likeness (QED) is 0.793. The highest BCUT2D eigenvalue weighted by Crippen LogP contribution is 2.46. The molecule has 0 saturated heterocycles. The lowest BCUT2D eigenvalue weighted by Gasteiger charge is -2.09. The highest BCUT2D eigenvalue weighted by Gasteiger charge is 2.47. The Kier molecular flexibility index (Phi) is 2.22. The molecule has 2 rings (SSSR count). The Bertz CT molecular complexity index is 301. The van der Waals surface area contributed by atoms with Crippen LogP contribution in [0.5, 0.6) is 0 Å². The van der Waals surface area contributed by atoms with Crippen molar-refractivity contribution in [1.82, 2.24) is 0 Å². The fourth-order valence-corrected chi connectivity index (χ4v) is 2.21. The summed E-state index contributed by atoms with van der Waals surface area (Å²) in [7, 11) is 0. The molecular weight excluding hydrogens is 182 g/mol. The van der Waals surface area contributed by atoms with Crippen molar-refractivity contribution < 1.29 is 4.79 Å². The number of nitrogens with two attached hydrogens (primary N) is 1. The van der Waals surface area contributed by atoms with E-state index in [0.717, 1.165) is 17.7 Å². The largest absolute Gasteiger partial charge is 0.329 e. The summed E-state index contributed by atoms with van der Waals surface area (Å²) < 4.78 is 0. The summed E-state index contributed by atoms with van der Waals surface area (Å²) >= 11 is 1.64. The molecule has 0 radical (unpaired) electrons. The molecule has 0 amide bonds. The van der Waals surface area contributed by atoms with Crippen LogP contribution in [0.15, 0.2) is 17.5 Å². The predicted octanol–water partition coefficient (Wildman–Crippen LogP) is 1.60. The van der Waals surface area contributed by atoms with Crippen LogP contribution in [0.3, 0.4) is 0 Å². The molecule has 1 aromatic heterocycles. The van der Waals surface area contributed by atoms with E-state index in [-0.39, 0.29) is 5.41 Å². The van der Waals surface area contributed by atoms with Crippen LogP contribution in [0.2, 0.25) is 0 Å². The number of carbonyl (C=O) groups is 1. The molecule has 1 saturated carbocycles. The minimum atomic E-state index is -0.135. The van der Waals surface area contributed by atoms with E-state index >= 15 is 0 Å². The highest BCUT2D eigenvalue weighted by molar-refractivity contribution is 7.10. The maximum Gasteiger partial charge on any atom is 0.145 e. The van der Waals surface area contributed by atoms with Crippen molar-refractivity contribution in [2.24, 2.45) is 11.1 Å². The maximum atomic E-state index is 11.8. The van der Waals surface area contributed by atoms with Crippen LogP contribution in [0.25, 0.3) is 0 Å². The van der Waals surface area contributed by atoms with Gasteiger partial charge in [0.25, 0.3) is 0 Å². The topological polar surface area (TPSA) is 43.1 Å². The summed E-state index contributed by atoms with van der Waals surface area (Å²) in [6, 6.07) is 3.99. The van der Waals surface area contributed by atoms with Crippen molar-refractivity contribution in [2.75, 3.05) is 6.54 Å². The zero-order valence-corrected chi connectivity index (χ0v) is 8.27. The van der Waals surface area contributed by atoms with Crippen LogP contribution in [0.1, 0.15) is 17.7 Å². The predicted molar refractivity (Wildman–Crippen MR) is 53.8 cm³/mol. The van der Waals surface area contributed by atoms with E-state index in [9.17, 15) is 4.79 Å². The van der Waals surface area contributed by atoms with E-state index in [1.54, 1.807) is 11.3 Å². The van der Waals surface area contributed by atoms with Crippen LogP contribution in [-0.4, -0.2) is 12.3 Å². The fourth-order valence-electron chi connectivity index (χ4n) is 1.51. The standard InChI is InChI=1S/C10H13NOS/c11-7-10(3-4-10)9(12)6-8-2-1-5-13-8/h1-2,5H,3-4,6-7,11H2. The molecule has 1 aliphatic carbocycles. The molecule has 2 nitrogen and oxygen atoms in total. The Hall–Kier alpha value is -0.670. The summed E-state index contributed by atoms with van der Waals surface area (Å²) in [5.74, 6) is 0.331. The van der Waals surface area contributed by atoms with Crippen molar-refractivity contribution in [3.63, 3.8) is 0 Å². The summed E-state index contributed by atoms with van der Waals surface area (Å²) in [4.78, 5) is 12.9. The number of thiophene rings is 1. The molecule has 2 N–H and O–H groups in total. The van der Waals surface area contributed by atoms with Crippen molar-refractivity contribution in [1.29, 1.82) is 0 Å². The number of hydrogen-bond acceptors (Lipinski definition) is 3. The lowest BCUT2D eigenvalue weighted by atomic mass is 9.98. The van der Waals surface area contributed by atoms with Crippen molar-refractivity contribution in [3.05, 3.63) is 22.4 Å². The average Bonchev–Trinajstić information content (AvgIpc) is 2.79. The van der Waals surface area contributed by atoms with Gasteiger partial charge in [-0.2, -0.15) is 0 Å². The van der Waals surface area contributed by atoms with Gasteiger partial charge in [-0.3, -0.25) is 4.79 Å². The number of Topliss-reactive ketones (excluding diaryl/α,β-unsaturated/α-hetero) is 1. The first-order valence-electron chi connectivity index (χ1n) is 4.53. The Labute approximate surface area is 81.8 Å². The third-order valence-corrected chi connectivity index (χ3v) is 3.63. The molecule has 13 heavy (non-hydrogen) atoms. The Morgan fingerprint density at radius 1 is 1.62 bits per heavy atom. The van der Waals surface area contributed by atoms with Crippen LogP contribution < -0.4 is 5.73 Å². The molecule has 70 valence electrons. The first-order chi connectivity index (χ1) is 6.27. The molecular formula is C10H13NOS. The van der Waals surface area contributed by atoms with E-state index in [1.807, 2.05) is 17.5 Å². The number of hydrogen-bond donors (Lipinski definition) is 1. The average molecular weight is 195 g/mol. The van der Waals surface area contributed by atoms with Crippen LogP contribution in [0, 0.1) is 5.41 Å². The Morgan fingerprint density at radius 3 is 2.85 bits per heavy atom. The number of ketones is 1. The molecule has 0 aromatic carbocycles. The zero-order valence-electron chi connectivity index (χ0n) is 7.45. The molecule has 0 aliphatic heterocycles. The van der Waals surface area contributed by atoms with Gasteiger partial charge < -0.3 is 5.73 Å². The van der Waals surface area contributed by atoms with Crippen LogP contribution >= 0.6 is 11.3 Å². The van der Waals surface area contributed by atoms with Gasteiger partial charge in [0, 0.05) is 23.3 Å². The van der Waals surface area contributed by atoms with E-state index in [2.05, 4.69) is 0 Å². The molecule has 1 fully saturated rings. The lowest BCUT2D eigenvalue weighted by Crippen LogP contribution is -2.26. The maximum absolute atomic E-state index is 11.8. The molecule has 0 spiro atoms. The van der Waals surface area contributed by atoms with E-state index < -0.39 is 0 Å². The zero-order chi connectivity index (χ0) is 9.31. The smallest absolute Gasteiger partial charge is 0.145 e. The second-order valence-corrected chi connectivity index (χ2v) is 4.70. The van der Waals surface area contributed by atoms with Gasteiger partial charge in [-0.25, -0.2) is 0 Å². The molecule has 1 aliphatic rings. The minimum absolute atomic E-state index is 0.135. The first-order valence-corrected chi connectivity index (χ1v) is 5.40. The molecule has 1 aromatic rings. The number of carbonyl (C=O) groups excluding carboxylic acids is 1. The Balaban J connectivity index is 2.00. The van der Waals surface area contributed by atoms with E-state index in [4.69, 9.17) is 5.73 Å². The minimum Gasteiger partial charge on any atom is -0.329 e. The second kappa shape index (κ2) is 3.24. The van der Waals surface area contributed by atoms with Crippen LogP contribution in [0.4, 0.5) is 0 Å². The van der Waals surface area contributed by atoms with Gasteiger partial charge in [-0.05, 0) is 24.3 Å². The molecule has 0 atom stereocenters. The summed E-state index contributed by atoms with van der Waals surface area (Å²) in [6.45, 7) is 0.525. The van der Waals surface area contributed by atoms with Gasteiger partial charge in [-0.15, -0.1) is 11.3 Å². The van der Waals surface area contributed by atoms with Gasteiger partial charge >= 0.3 is 0 Å². The van der Waals surface area contributed by atoms with Crippen molar-refractivity contribution in [3.8, 4) is 0 Å². The SMILES string of the molecule is NCC1(C(=O)Cc2cccs2)CC1. The van der Waals surface area contributed by atoms with Gasteiger partial charge in [-0.1, -0.05) is 6.07 Å². The normalized spacial score (nSPS) is 18.5. The van der Waals surface area contributed by atoms with Crippen molar-refractivity contribution >= 4 is 17.1 Å². The summed E-state index contributed by atoms with van der Waals surface area (Å²) in [5, 5.41) is 2.00. The lowest BCUT2D eigenvalue weighted by molar-refractivity contribution is -0.123. The van der Waals surface area contributed by atoms with E-state index in [1.165, 1.54) is 0 Å². The molecule has 0 bridgehead atoms. The monoisotopic (exact) mass is 195 g/mol. The summed E-state index contributed by atoms with van der Waals surface area (Å²) in [6.07, 6.45) is 2.57. The number of rotatable bonds is 4. The van der Waals surface area contributed by atoms with Gasteiger partial charge in [0.2, 0.25) is 0 Å². The highest BCUT2D eigenvalue weighted by atomic mass is 32.1. The molecule has 0 unspecified atom stereocenters. The first kappa shape index (κ1) is 8.91. The Morgan fingerprint density at radius 2 is 2.38 bits per heavy atom. The molecule has 3 heteroatoms. The van der Waals surface area contributed by atoms with E-state index in [0.29, 0.717) is 18.7 Å². The van der Waals surface area contributed by atoms with Crippen LogP contribution in [-0.2, 0) is 11.2 Å². The third kappa shape index (κ3) is 1.67. The molecule has 1 heterocycles. The van der Waals surface area contributed by atoms with Gasteiger partial charge in [0.05, 0.1) is 0 Å².